The molecule has 0 heterocycles. The van der Waals surface area contributed by atoms with Gasteiger partial charge in [-0.05, 0) is 67.6 Å². The van der Waals surface area contributed by atoms with Crippen LogP contribution in [0.5, 0.6) is 0 Å². The van der Waals surface area contributed by atoms with E-state index in [1.807, 2.05) is 0 Å². The molecule has 0 aromatic heterocycles. The van der Waals surface area contributed by atoms with Gasteiger partial charge in [0.1, 0.15) is 17.3 Å². The van der Waals surface area contributed by atoms with Crippen LogP contribution in [0.25, 0.3) is 0 Å². The fourth-order valence-corrected chi connectivity index (χ4v) is 7.45. The van der Waals surface area contributed by atoms with E-state index in [-0.39, 0.29) is 28.4 Å². The first kappa shape index (κ1) is 16.5. The second kappa shape index (κ2) is 5.25. The number of hydrogen-bond donors (Lipinski definition) is 0. The van der Waals surface area contributed by atoms with Crippen molar-refractivity contribution >= 4 is 17.3 Å². The molecule has 0 aromatic carbocycles. The molecule has 0 bridgehead atoms. The van der Waals surface area contributed by atoms with Crippen LogP contribution in [0.15, 0.2) is 0 Å². The molecule has 0 N–H and O–H groups in total. The second-order valence-electron chi connectivity index (χ2n) is 9.65. The van der Waals surface area contributed by atoms with Crippen LogP contribution in [0, 0.1) is 40.4 Å². The molecule has 132 valence electrons. The molecule has 4 rings (SSSR count). The fourth-order valence-electron chi connectivity index (χ4n) is 7.45. The molecule has 0 aromatic rings. The van der Waals surface area contributed by atoms with Gasteiger partial charge in [0, 0.05) is 31.1 Å². The minimum Gasteiger partial charge on any atom is -0.300 e. The molecule has 24 heavy (non-hydrogen) atoms. The predicted octanol–water partition coefficient (Wildman–Crippen LogP) is 3.98. The van der Waals surface area contributed by atoms with Crippen LogP contribution in [-0.2, 0) is 14.4 Å². The molecule has 0 spiro atoms. The molecular formula is C21H30O3. The summed E-state index contributed by atoms with van der Waals surface area (Å²) in [4.78, 5) is 37.0. The summed E-state index contributed by atoms with van der Waals surface area (Å²) in [5.41, 5.74) is 0.116. The van der Waals surface area contributed by atoms with Gasteiger partial charge in [-0.15, -0.1) is 0 Å². The van der Waals surface area contributed by atoms with E-state index in [1.54, 1.807) is 6.92 Å². The van der Waals surface area contributed by atoms with Gasteiger partial charge in [0.05, 0.1) is 0 Å². The van der Waals surface area contributed by atoms with Crippen LogP contribution in [-0.4, -0.2) is 17.3 Å². The number of carbonyl (C=O) groups is 3. The number of fused-ring (bicyclic) bond motifs is 5. The van der Waals surface area contributed by atoms with Gasteiger partial charge in [-0.3, -0.25) is 14.4 Å². The van der Waals surface area contributed by atoms with Crippen LogP contribution >= 0.6 is 0 Å². The lowest BCUT2D eigenvalue weighted by molar-refractivity contribution is -0.149. The van der Waals surface area contributed by atoms with E-state index < -0.39 is 0 Å². The third-order valence-corrected chi connectivity index (χ3v) is 8.73. The third-order valence-electron chi connectivity index (χ3n) is 8.73. The first-order valence-electron chi connectivity index (χ1n) is 9.82. The first-order valence-corrected chi connectivity index (χ1v) is 9.82. The Morgan fingerprint density at radius 3 is 2.46 bits per heavy atom. The molecule has 4 fully saturated rings. The van der Waals surface area contributed by atoms with Gasteiger partial charge < -0.3 is 0 Å². The van der Waals surface area contributed by atoms with Gasteiger partial charge in [-0.25, -0.2) is 0 Å². The summed E-state index contributed by atoms with van der Waals surface area (Å²) in [6.45, 7) is 6.28. The topological polar surface area (TPSA) is 51.2 Å². The number of hydrogen-bond acceptors (Lipinski definition) is 3. The van der Waals surface area contributed by atoms with Crippen molar-refractivity contribution in [2.24, 2.45) is 40.4 Å². The molecule has 3 nitrogen and oxygen atoms in total. The van der Waals surface area contributed by atoms with E-state index in [2.05, 4.69) is 13.8 Å². The van der Waals surface area contributed by atoms with Crippen molar-refractivity contribution in [3.63, 3.8) is 0 Å². The summed E-state index contributed by atoms with van der Waals surface area (Å²) in [6, 6.07) is 0. The van der Waals surface area contributed by atoms with E-state index in [4.69, 9.17) is 0 Å². The largest absolute Gasteiger partial charge is 0.300 e. The van der Waals surface area contributed by atoms with Gasteiger partial charge in [0.15, 0.2) is 0 Å². The number of Topliss-reactive ketones (excluding diaryl/α,β-unsaturated/α-hetero) is 3. The van der Waals surface area contributed by atoms with Crippen molar-refractivity contribution in [3.8, 4) is 0 Å². The lowest BCUT2D eigenvalue weighted by atomic mass is 9.44. The van der Waals surface area contributed by atoms with Crippen molar-refractivity contribution in [2.45, 2.75) is 72.1 Å². The standard InChI is InChI=1S/C21H30O3/c1-12(22)17-11-18(24)19-15-5-4-13-10-14(23)6-8-20(13,2)16(15)7-9-21(17,19)3/h13,15-17,19H,4-11H2,1-3H3/t13?,15-,16-,17+,19+,20+,21-/m0/s1. The van der Waals surface area contributed by atoms with E-state index in [0.717, 1.165) is 44.9 Å². The molecule has 0 aliphatic heterocycles. The molecule has 7 atom stereocenters. The summed E-state index contributed by atoms with van der Waals surface area (Å²) in [5, 5.41) is 0. The molecule has 0 radical (unpaired) electrons. The Morgan fingerprint density at radius 1 is 1.00 bits per heavy atom. The van der Waals surface area contributed by atoms with E-state index >= 15 is 0 Å². The Labute approximate surface area is 144 Å². The fraction of sp³-hybridized carbons (Fsp3) is 0.857. The maximum Gasteiger partial charge on any atom is 0.137 e. The number of rotatable bonds is 1. The SMILES string of the molecule is CC(=O)[C@H]1CC(=O)[C@H]2[C@H]3CCC4CC(=O)CC[C@@]4(C)[C@H]3CC[C@@]12C. The number of ketones is 3. The molecule has 0 saturated heterocycles. The van der Waals surface area contributed by atoms with Crippen LogP contribution in [0.1, 0.15) is 72.1 Å². The predicted molar refractivity (Wildman–Crippen MR) is 91.3 cm³/mol. The molecule has 4 saturated carbocycles. The molecule has 1 unspecified atom stereocenters. The van der Waals surface area contributed by atoms with Crippen LogP contribution in [0.2, 0.25) is 0 Å². The Bertz CT molecular complexity index is 608. The van der Waals surface area contributed by atoms with Crippen LogP contribution in [0.3, 0.4) is 0 Å². The quantitative estimate of drug-likeness (QED) is 0.730. The Hall–Kier alpha value is -0.990. The third kappa shape index (κ3) is 2.05. The first-order chi connectivity index (χ1) is 11.3. The minimum atomic E-state index is -0.113. The van der Waals surface area contributed by atoms with Gasteiger partial charge in [0.2, 0.25) is 0 Å². The molecular weight excluding hydrogens is 300 g/mol. The summed E-state index contributed by atoms with van der Waals surface area (Å²) in [7, 11) is 0. The summed E-state index contributed by atoms with van der Waals surface area (Å²) in [5.74, 6) is 2.54. The van der Waals surface area contributed by atoms with Crippen molar-refractivity contribution < 1.29 is 14.4 Å². The summed E-state index contributed by atoms with van der Waals surface area (Å²) >= 11 is 0. The Morgan fingerprint density at radius 2 is 1.75 bits per heavy atom. The van der Waals surface area contributed by atoms with Crippen LogP contribution < -0.4 is 0 Å². The van der Waals surface area contributed by atoms with E-state index in [0.29, 0.717) is 35.7 Å². The zero-order chi connectivity index (χ0) is 17.3. The monoisotopic (exact) mass is 330 g/mol. The van der Waals surface area contributed by atoms with Gasteiger partial charge in [-0.1, -0.05) is 13.8 Å². The van der Waals surface area contributed by atoms with Crippen molar-refractivity contribution in [1.29, 1.82) is 0 Å². The highest BCUT2D eigenvalue weighted by Crippen LogP contribution is 2.66. The highest BCUT2D eigenvalue weighted by Gasteiger charge is 2.63. The molecule has 4 aliphatic rings. The highest BCUT2D eigenvalue weighted by molar-refractivity contribution is 5.93. The van der Waals surface area contributed by atoms with Crippen LogP contribution in [0.4, 0.5) is 0 Å². The summed E-state index contributed by atoms with van der Waals surface area (Å²) in [6.07, 6.45) is 7.27. The average molecular weight is 330 g/mol. The second-order valence-corrected chi connectivity index (χ2v) is 9.65. The maximum atomic E-state index is 12.9. The zero-order valence-electron chi connectivity index (χ0n) is 15.3. The smallest absolute Gasteiger partial charge is 0.137 e. The normalized spacial score (nSPS) is 50.9. The lowest BCUT2D eigenvalue weighted by Crippen LogP contribution is -2.54. The molecule has 3 heteroatoms. The Balaban J connectivity index is 1.68. The van der Waals surface area contributed by atoms with E-state index in [1.165, 1.54) is 0 Å². The highest BCUT2D eigenvalue weighted by atomic mass is 16.1. The number of carbonyl (C=O) groups excluding carboxylic acids is 3. The van der Waals surface area contributed by atoms with Gasteiger partial charge in [0.25, 0.3) is 0 Å². The van der Waals surface area contributed by atoms with Crippen molar-refractivity contribution in [2.75, 3.05) is 0 Å². The maximum absolute atomic E-state index is 12.9. The Kier molecular flexibility index (Phi) is 3.61. The van der Waals surface area contributed by atoms with Gasteiger partial charge >= 0.3 is 0 Å². The average Bonchev–Trinajstić information content (AvgIpc) is 2.80. The van der Waals surface area contributed by atoms with Crippen molar-refractivity contribution in [1.82, 2.24) is 0 Å². The molecule has 4 aliphatic carbocycles. The zero-order valence-corrected chi connectivity index (χ0v) is 15.3. The van der Waals surface area contributed by atoms with E-state index in [9.17, 15) is 14.4 Å². The lowest BCUT2D eigenvalue weighted by Gasteiger charge is -2.59. The minimum absolute atomic E-state index is 0.0607. The molecule has 0 amide bonds. The van der Waals surface area contributed by atoms with Gasteiger partial charge in [-0.2, -0.15) is 0 Å². The van der Waals surface area contributed by atoms with Crippen molar-refractivity contribution in [3.05, 3.63) is 0 Å². The summed E-state index contributed by atoms with van der Waals surface area (Å²) < 4.78 is 0.